The molecule has 1 fully saturated rings. The number of carbonyl (C=O) groups is 2. The van der Waals surface area contributed by atoms with Crippen LogP contribution in [0.1, 0.15) is 31.2 Å². The van der Waals surface area contributed by atoms with Crippen molar-refractivity contribution in [3.05, 3.63) is 29.8 Å². The quantitative estimate of drug-likeness (QED) is 0.886. The molecule has 2 N–H and O–H groups in total. The Labute approximate surface area is 137 Å². The second-order valence-electron chi connectivity index (χ2n) is 5.83. The predicted octanol–water partition coefficient (Wildman–Crippen LogP) is 1.72. The summed E-state index contributed by atoms with van der Waals surface area (Å²) in [5.74, 6) is 1.10. The molecule has 1 heterocycles. The molecule has 0 aromatic heterocycles. The highest BCUT2D eigenvalue weighted by molar-refractivity contribution is 5.96. The Morgan fingerprint density at radius 1 is 1.30 bits per heavy atom. The number of likely N-dealkylation sites (tertiary alicyclic amines) is 1. The highest BCUT2D eigenvalue weighted by Gasteiger charge is 2.28. The Morgan fingerprint density at radius 2 is 2.00 bits per heavy atom. The van der Waals surface area contributed by atoms with Crippen LogP contribution < -0.4 is 15.4 Å². The molecule has 0 bridgehead atoms. The van der Waals surface area contributed by atoms with E-state index < -0.39 is 6.03 Å². The van der Waals surface area contributed by atoms with Crippen LogP contribution in [0.5, 0.6) is 5.75 Å². The first-order valence-electron chi connectivity index (χ1n) is 7.95. The van der Waals surface area contributed by atoms with Gasteiger partial charge in [-0.3, -0.25) is 15.0 Å². The number of amides is 3. The molecule has 126 valence electrons. The molecule has 2 rings (SSSR count). The van der Waals surface area contributed by atoms with Crippen LogP contribution in [0.2, 0.25) is 0 Å². The number of piperidine rings is 1. The second-order valence-corrected chi connectivity index (χ2v) is 5.83. The van der Waals surface area contributed by atoms with Crippen molar-refractivity contribution in [3.63, 3.8) is 0 Å². The maximum atomic E-state index is 12.0. The fourth-order valence-electron chi connectivity index (χ4n) is 2.96. The summed E-state index contributed by atoms with van der Waals surface area (Å²) in [7, 11) is 3.17. The molecule has 3 amide bonds. The smallest absolute Gasteiger partial charge is 0.321 e. The summed E-state index contributed by atoms with van der Waals surface area (Å²) in [6.07, 6.45) is 1.98. The lowest BCUT2D eigenvalue weighted by Gasteiger charge is -2.35. The third kappa shape index (κ3) is 4.45. The second kappa shape index (κ2) is 7.97. The van der Waals surface area contributed by atoms with Gasteiger partial charge in [-0.2, -0.15) is 0 Å². The molecule has 1 saturated heterocycles. The lowest BCUT2D eigenvalue weighted by molar-refractivity contribution is -0.125. The van der Waals surface area contributed by atoms with Gasteiger partial charge in [-0.05, 0) is 56.5 Å². The van der Waals surface area contributed by atoms with Gasteiger partial charge in [0.05, 0.1) is 13.2 Å². The Hall–Kier alpha value is -2.08. The summed E-state index contributed by atoms with van der Waals surface area (Å²) < 4.78 is 5.28. The van der Waals surface area contributed by atoms with Crippen LogP contribution in [0.4, 0.5) is 4.79 Å². The Bertz CT molecular complexity index is 554. The van der Waals surface area contributed by atoms with Crippen molar-refractivity contribution in [2.75, 3.05) is 27.2 Å². The number of hydrogen-bond donors (Lipinski definition) is 2. The molecule has 0 aliphatic carbocycles. The molecule has 23 heavy (non-hydrogen) atoms. The number of nitrogens with one attached hydrogen (secondary N) is 2. The first-order valence-corrected chi connectivity index (χ1v) is 7.95. The van der Waals surface area contributed by atoms with Crippen molar-refractivity contribution in [1.82, 2.24) is 15.5 Å². The van der Waals surface area contributed by atoms with Crippen LogP contribution in [0.3, 0.4) is 0 Å². The van der Waals surface area contributed by atoms with E-state index in [2.05, 4.69) is 27.7 Å². The summed E-state index contributed by atoms with van der Waals surface area (Å²) >= 11 is 0. The number of rotatable bonds is 4. The van der Waals surface area contributed by atoms with Gasteiger partial charge in [0.1, 0.15) is 5.75 Å². The summed E-state index contributed by atoms with van der Waals surface area (Å²) in [6, 6.07) is 7.41. The van der Waals surface area contributed by atoms with E-state index in [1.165, 1.54) is 12.6 Å². The Morgan fingerprint density at radius 3 is 2.61 bits per heavy atom. The molecular formula is C17H25N3O3. The van der Waals surface area contributed by atoms with Crippen LogP contribution in [0, 0.1) is 0 Å². The molecule has 0 radical (unpaired) electrons. The molecule has 6 nitrogen and oxygen atoms in total. The Kier molecular flexibility index (Phi) is 5.98. The zero-order chi connectivity index (χ0) is 16.8. The van der Waals surface area contributed by atoms with E-state index in [1.807, 2.05) is 19.1 Å². The standard InChI is InChI=1S/C17H25N3O3/c1-12(16(21)19-17(22)18-2)20-9-7-13(8-10-20)14-5-4-6-15(11-14)23-3/h4-6,11-13H,7-10H2,1-3H3,(H2,18,19,21,22)/t12-/m1/s1. The minimum absolute atomic E-state index is 0.260. The maximum Gasteiger partial charge on any atom is 0.321 e. The monoisotopic (exact) mass is 319 g/mol. The SMILES string of the molecule is CNC(=O)NC(=O)[C@@H](C)N1CCC(c2cccc(OC)c2)CC1. The van der Waals surface area contributed by atoms with E-state index in [1.54, 1.807) is 7.11 Å². The fourth-order valence-corrected chi connectivity index (χ4v) is 2.96. The van der Waals surface area contributed by atoms with E-state index in [0.717, 1.165) is 31.7 Å². The molecule has 1 atom stereocenters. The van der Waals surface area contributed by atoms with Gasteiger partial charge >= 0.3 is 6.03 Å². The average molecular weight is 319 g/mol. The van der Waals surface area contributed by atoms with Crippen LogP contribution in [0.15, 0.2) is 24.3 Å². The highest BCUT2D eigenvalue weighted by Crippen LogP contribution is 2.30. The number of imide groups is 1. The summed E-state index contributed by atoms with van der Waals surface area (Å²) in [6.45, 7) is 3.51. The molecule has 1 aliphatic heterocycles. The number of urea groups is 1. The summed E-state index contributed by atoms with van der Waals surface area (Å²) in [5, 5.41) is 4.73. The zero-order valence-electron chi connectivity index (χ0n) is 14.0. The van der Waals surface area contributed by atoms with Crippen LogP contribution >= 0.6 is 0 Å². The number of ether oxygens (including phenoxy) is 1. The van der Waals surface area contributed by atoms with E-state index in [-0.39, 0.29) is 11.9 Å². The van der Waals surface area contributed by atoms with Gasteiger partial charge < -0.3 is 10.1 Å². The fraction of sp³-hybridized carbons (Fsp3) is 0.529. The number of methoxy groups -OCH3 is 1. The predicted molar refractivity (Wildman–Crippen MR) is 88.6 cm³/mol. The van der Waals surface area contributed by atoms with Gasteiger partial charge in [0.25, 0.3) is 0 Å². The van der Waals surface area contributed by atoms with Crippen molar-refractivity contribution in [3.8, 4) is 5.75 Å². The maximum absolute atomic E-state index is 12.0. The van der Waals surface area contributed by atoms with Gasteiger partial charge in [0.15, 0.2) is 0 Å². The Balaban J connectivity index is 1.90. The molecule has 0 unspecified atom stereocenters. The first kappa shape index (κ1) is 17.3. The van der Waals surface area contributed by atoms with E-state index in [4.69, 9.17) is 4.74 Å². The molecular weight excluding hydrogens is 294 g/mol. The van der Waals surface area contributed by atoms with Gasteiger partial charge in [-0.1, -0.05) is 12.1 Å². The van der Waals surface area contributed by atoms with Gasteiger partial charge in [-0.25, -0.2) is 4.79 Å². The van der Waals surface area contributed by atoms with Crippen molar-refractivity contribution in [1.29, 1.82) is 0 Å². The molecule has 6 heteroatoms. The minimum Gasteiger partial charge on any atom is -0.497 e. The third-order valence-electron chi connectivity index (χ3n) is 4.49. The van der Waals surface area contributed by atoms with Crippen molar-refractivity contribution >= 4 is 11.9 Å². The van der Waals surface area contributed by atoms with Crippen molar-refractivity contribution in [2.24, 2.45) is 0 Å². The number of benzene rings is 1. The van der Waals surface area contributed by atoms with Gasteiger partial charge in [0, 0.05) is 7.05 Å². The van der Waals surface area contributed by atoms with Crippen LogP contribution in [-0.2, 0) is 4.79 Å². The molecule has 0 saturated carbocycles. The van der Waals surface area contributed by atoms with E-state index in [0.29, 0.717) is 5.92 Å². The molecule has 1 aromatic rings. The lowest BCUT2D eigenvalue weighted by Crippen LogP contribution is -2.50. The number of nitrogens with zero attached hydrogens (tertiary/aromatic N) is 1. The summed E-state index contributed by atoms with van der Waals surface area (Å²) in [5.41, 5.74) is 1.28. The number of carbonyl (C=O) groups excluding carboxylic acids is 2. The third-order valence-corrected chi connectivity index (χ3v) is 4.49. The van der Waals surface area contributed by atoms with Crippen LogP contribution in [-0.4, -0.2) is 50.1 Å². The van der Waals surface area contributed by atoms with E-state index >= 15 is 0 Å². The molecule has 0 spiro atoms. The topological polar surface area (TPSA) is 70.7 Å². The zero-order valence-corrected chi connectivity index (χ0v) is 14.0. The largest absolute Gasteiger partial charge is 0.497 e. The van der Waals surface area contributed by atoms with E-state index in [9.17, 15) is 9.59 Å². The van der Waals surface area contributed by atoms with Crippen molar-refractivity contribution < 1.29 is 14.3 Å². The van der Waals surface area contributed by atoms with Gasteiger partial charge in [-0.15, -0.1) is 0 Å². The minimum atomic E-state index is -0.465. The molecule has 1 aromatic carbocycles. The van der Waals surface area contributed by atoms with Gasteiger partial charge in [0.2, 0.25) is 5.91 Å². The van der Waals surface area contributed by atoms with Crippen molar-refractivity contribution in [2.45, 2.75) is 31.7 Å². The van der Waals surface area contributed by atoms with Crippen LogP contribution in [0.25, 0.3) is 0 Å². The highest BCUT2D eigenvalue weighted by atomic mass is 16.5. The summed E-state index contributed by atoms with van der Waals surface area (Å²) in [4.78, 5) is 25.4. The lowest BCUT2D eigenvalue weighted by atomic mass is 9.89. The number of hydrogen-bond acceptors (Lipinski definition) is 4. The first-order chi connectivity index (χ1) is 11.0. The average Bonchev–Trinajstić information content (AvgIpc) is 2.61. The normalized spacial score (nSPS) is 17.3. The molecule has 1 aliphatic rings.